The van der Waals surface area contributed by atoms with Crippen LogP contribution in [0.4, 0.5) is 0 Å². The van der Waals surface area contributed by atoms with Gasteiger partial charge < -0.3 is 14.4 Å². The van der Waals surface area contributed by atoms with E-state index >= 15 is 0 Å². The van der Waals surface area contributed by atoms with Crippen LogP contribution in [0.2, 0.25) is 0 Å². The Morgan fingerprint density at radius 3 is 2.55 bits per heavy atom. The molecule has 5 heteroatoms. The van der Waals surface area contributed by atoms with Gasteiger partial charge in [0, 0.05) is 18.0 Å². The number of benzene rings is 1. The highest BCUT2D eigenvalue weighted by molar-refractivity contribution is 5.92. The first-order valence-corrected chi connectivity index (χ1v) is 6.36. The van der Waals surface area contributed by atoms with Crippen molar-refractivity contribution >= 4 is 16.9 Å². The van der Waals surface area contributed by atoms with E-state index in [0.29, 0.717) is 16.7 Å². The van der Waals surface area contributed by atoms with Crippen LogP contribution in [0.15, 0.2) is 23.0 Å². The molecule has 0 saturated carbocycles. The van der Waals surface area contributed by atoms with Crippen LogP contribution in [0.5, 0.6) is 5.75 Å². The summed E-state index contributed by atoms with van der Waals surface area (Å²) in [6, 6.07) is 5.11. The van der Waals surface area contributed by atoms with Gasteiger partial charge in [0.1, 0.15) is 11.4 Å². The van der Waals surface area contributed by atoms with Gasteiger partial charge in [0.25, 0.3) is 0 Å². The molecule has 1 heterocycles. The van der Waals surface area contributed by atoms with Crippen molar-refractivity contribution in [2.75, 3.05) is 0 Å². The van der Waals surface area contributed by atoms with Gasteiger partial charge >= 0.3 is 5.97 Å². The first-order chi connectivity index (χ1) is 9.32. The quantitative estimate of drug-likeness (QED) is 0.933. The lowest BCUT2D eigenvalue weighted by atomic mass is 10.1. The van der Waals surface area contributed by atoms with Crippen molar-refractivity contribution < 1.29 is 14.6 Å². The summed E-state index contributed by atoms with van der Waals surface area (Å²) in [6.45, 7) is 5.34. The van der Waals surface area contributed by atoms with Gasteiger partial charge in [-0.25, -0.2) is 4.79 Å². The van der Waals surface area contributed by atoms with Gasteiger partial charge in [-0.3, -0.25) is 4.79 Å². The summed E-state index contributed by atoms with van der Waals surface area (Å²) in [5, 5.41) is 9.69. The molecule has 0 fully saturated rings. The number of rotatable bonds is 3. The number of hydrogen-bond acceptors (Lipinski definition) is 3. The molecule has 5 nitrogen and oxygen atoms in total. The summed E-state index contributed by atoms with van der Waals surface area (Å²) in [5.41, 5.74) is 0.549. The molecule has 0 unspecified atom stereocenters. The fraction of sp³-hybridized carbons (Fsp3) is 0.333. The molecule has 0 amide bonds. The van der Waals surface area contributed by atoms with Crippen LogP contribution in [0, 0.1) is 6.92 Å². The number of aryl methyl sites for hydroxylation is 1. The van der Waals surface area contributed by atoms with E-state index < -0.39 is 5.97 Å². The average Bonchev–Trinajstić information content (AvgIpc) is 2.35. The molecule has 2 rings (SSSR count). The van der Waals surface area contributed by atoms with E-state index in [0.717, 1.165) is 0 Å². The van der Waals surface area contributed by atoms with Crippen LogP contribution in [-0.4, -0.2) is 21.7 Å². The number of nitrogens with zero attached hydrogens (tertiary/aromatic N) is 1. The predicted molar refractivity (Wildman–Crippen MR) is 76.6 cm³/mol. The Morgan fingerprint density at radius 2 is 2.00 bits per heavy atom. The van der Waals surface area contributed by atoms with Crippen molar-refractivity contribution in [3.8, 4) is 5.75 Å². The second kappa shape index (κ2) is 5.00. The zero-order valence-corrected chi connectivity index (χ0v) is 11.9. The maximum atomic E-state index is 12.3. The molecule has 0 spiro atoms. The van der Waals surface area contributed by atoms with Gasteiger partial charge in [-0.05, 0) is 39.0 Å². The first kappa shape index (κ1) is 14.1. The van der Waals surface area contributed by atoms with Crippen molar-refractivity contribution in [2.45, 2.75) is 26.9 Å². The Labute approximate surface area is 116 Å². The highest BCUT2D eigenvalue weighted by atomic mass is 16.5. The fourth-order valence-electron chi connectivity index (χ4n) is 2.32. The largest absolute Gasteiger partial charge is 0.491 e. The molecular weight excluding hydrogens is 258 g/mol. The van der Waals surface area contributed by atoms with Crippen LogP contribution in [0.3, 0.4) is 0 Å². The number of fused-ring (bicyclic) bond motifs is 1. The Balaban J connectivity index is 2.79. The summed E-state index contributed by atoms with van der Waals surface area (Å²) in [4.78, 5) is 23.6. The molecule has 1 aromatic heterocycles. The minimum Gasteiger partial charge on any atom is -0.491 e. The Hall–Kier alpha value is -2.30. The summed E-state index contributed by atoms with van der Waals surface area (Å²) in [7, 11) is 1.64. The average molecular weight is 275 g/mol. The molecule has 1 N–H and O–H groups in total. The summed E-state index contributed by atoms with van der Waals surface area (Å²) < 4.78 is 7.09. The smallest absolute Gasteiger partial charge is 0.352 e. The Kier molecular flexibility index (Phi) is 3.53. The number of carbonyl (C=O) groups is 1. The maximum absolute atomic E-state index is 12.3. The lowest BCUT2D eigenvalue weighted by Gasteiger charge is -2.14. The number of ether oxygens (including phenoxy) is 1. The van der Waals surface area contributed by atoms with E-state index in [1.807, 2.05) is 13.8 Å². The molecule has 0 aliphatic carbocycles. The molecule has 0 radical (unpaired) electrons. The highest BCUT2D eigenvalue weighted by Crippen LogP contribution is 2.21. The van der Waals surface area contributed by atoms with E-state index in [4.69, 9.17) is 4.74 Å². The van der Waals surface area contributed by atoms with Crippen LogP contribution < -0.4 is 10.2 Å². The Bertz CT molecular complexity index is 744. The maximum Gasteiger partial charge on any atom is 0.352 e. The molecule has 0 aliphatic heterocycles. The molecule has 1 aromatic carbocycles. The van der Waals surface area contributed by atoms with Gasteiger partial charge in [0.05, 0.1) is 11.6 Å². The molecule has 0 aliphatic rings. The van der Waals surface area contributed by atoms with Crippen LogP contribution in [0.25, 0.3) is 10.9 Å². The zero-order valence-electron chi connectivity index (χ0n) is 11.9. The number of pyridine rings is 1. The predicted octanol–water partition coefficient (Wildman–Crippen LogP) is 2.33. The van der Waals surface area contributed by atoms with Crippen molar-refractivity contribution in [1.29, 1.82) is 0 Å². The molecule has 0 saturated heterocycles. The van der Waals surface area contributed by atoms with E-state index in [1.165, 1.54) is 11.5 Å². The fourth-order valence-corrected chi connectivity index (χ4v) is 2.32. The van der Waals surface area contributed by atoms with Gasteiger partial charge in [0.2, 0.25) is 0 Å². The lowest BCUT2D eigenvalue weighted by Crippen LogP contribution is -2.20. The molecule has 0 atom stereocenters. The third-order valence-electron chi connectivity index (χ3n) is 3.18. The third-order valence-corrected chi connectivity index (χ3v) is 3.18. The van der Waals surface area contributed by atoms with Gasteiger partial charge in [-0.2, -0.15) is 0 Å². The minimum absolute atomic E-state index is 0.00990. The van der Waals surface area contributed by atoms with Gasteiger partial charge in [-0.1, -0.05) is 0 Å². The van der Waals surface area contributed by atoms with E-state index in [1.54, 1.807) is 25.2 Å². The van der Waals surface area contributed by atoms with E-state index in [-0.39, 0.29) is 22.8 Å². The monoisotopic (exact) mass is 275 g/mol. The summed E-state index contributed by atoms with van der Waals surface area (Å²) >= 11 is 0. The van der Waals surface area contributed by atoms with Crippen LogP contribution >= 0.6 is 0 Å². The van der Waals surface area contributed by atoms with Gasteiger partial charge in [0.15, 0.2) is 5.43 Å². The number of aromatic carboxylic acids is 1. The second-order valence-electron chi connectivity index (χ2n) is 5.01. The van der Waals surface area contributed by atoms with Gasteiger partial charge in [-0.15, -0.1) is 0 Å². The molecular formula is C15H17NO4. The van der Waals surface area contributed by atoms with Crippen molar-refractivity contribution in [1.82, 2.24) is 4.57 Å². The zero-order chi connectivity index (χ0) is 15.0. The topological polar surface area (TPSA) is 68.5 Å². The molecule has 106 valence electrons. The SMILES string of the molecule is Cc1c(C(=O)O)n(C)c2ccc(OC(C)C)cc2c1=O. The van der Waals surface area contributed by atoms with Crippen molar-refractivity contribution in [2.24, 2.45) is 7.05 Å². The molecule has 0 bridgehead atoms. The summed E-state index contributed by atoms with van der Waals surface area (Å²) in [6.07, 6.45) is 0.00990. The number of carboxylic acids is 1. The first-order valence-electron chi connectivity index (χ1n) is 6.36. The molecule has 20 heavy (non-hydrogen) atoms. The van der Waals surface area contributed by atoms with Crippen LogP contribution in [0.1, 0.15) is 29.9 Å². The molecule has 2 aromatic rings. The normalized spacial score (nSPS) is 11.1. The third kappa shape index (κ3) is 2.27. The van der Waals surface area contributed by atoms with E-state index in [2.05, 4.69) is 0 Å². The number of aromatic nitrogens is 1. The Morgan fingerprint density at radius 1 is 1.35 bits per heavy atom. The van der Waals surface area contributed by atoms with Crippen LogP contribution in [-0.2, 0) is 7.05 Å². The summed E-state index contributed by atoms with van der Waals surface area (Å²) in [5.74, 6) is -0.501. The number of carboxylic acid groups (broad SMARTS) is 1. The lowest BCUT2D eigenvalue weighted by molar-refractivity contribution is 0.0685. The number of hydrogen-bond donors (Lipinski definition) is 1. The highest BCUT2D eigenvalue weighted by Gasteiger charge is 2.17. The standard InChI is InChI=1S/C15H17NO4/c1-8(2)20-10-5-6-12-11(7-10)14(17)9(3)13(15(18)19)16(12)4/h5-8H,1-4H3,(H,18,19). The van der Waals surface area contributed by atoms with Crippen molar-refractivity contribution in [3.63, 3.8) is 0 Å². The van der Waals surface area contributed by atoms with Crippen molar-refractivity contribution in [3.05, 3.63) is 39.7 Å². The minimum atomic E-state index is -1.11. The second-order valence-corrected chi connectivity index (χ2v) is 5.01. The van der Waals surface area contributed by atoms with E-state index in [9.17, 15) is 14.7 Å².